The van der Waals surface area contributed by atoms with Crippen LogP contribution in [0.4, 0.5) is 0 Å². The van der Waals surface area contributed by atoms with Crippen LogP contribution in [0.2, 0.25) is 0 Å². The van der Waals surface area contributed by atoms with E-state index in [9.17, 15) is 0 Å². The highest BCUT2D eigenvalue weighted by Crippen LogP contribution is 2.41. The fourth-order valence-corrected chi connectivity index (χ4v) is 4.36. The normalized spacial score (nSPS) is 28.1. The SMILES string of the molecule is IC1C=C2CC3OCOC3=CC2=C2C=c3ccccc3=CN21. The van der Waals surface area contributed by atoms with Crippen molar-refractivity contribution in [1.29, 1.82) is 0 Å². The van der Waals surface area contributed by atoms with Crippen LogP contribution in [0, 0.1) is 0 Å². The number of benzene rings is 1. The Kier molecular flexibility index (Phi) is 2.79. The summed E-state index contributed by atoms with van der Waals surface area (Å²) in [6.45, 7) is 0.377. The molecule has 0 aromatic heterocycles. The van der Waals surface area contributed by atoms with E-state index in [1.165, 1.54) is 27.3 Å². The number of ether oxygens (including phenoxy) is 2. The molecular weight excluding hydrogens is 389 g/mol. The molecule has 4 heteroatoms. The van der Waals surface area contributed by atoms with Gasteiger partial charge in [-0.3, -0.25) is 0 Å². The Morgan fingerprint density at radius 3 is 2.91 bits per heavy atom. The van der Waals surface area contributed by atoms with Crippen LogP contribution in [-0.4, -0.2) is 21.8 Å². The molecule has 2 atom stereocenters. The number of nitrogens with zero attached hydrogens (tertiary/aromatic N) is 1. The maximum atomic E-state index is 5.65. The second-order valence-corrected chi connectivity index (χ2v) is 7.12. The van der Waals surface area contributed by atoms with Crippen molar-refractivity contribution in [3.8, 4) is 0 Å². The van der Waals surface area contributed by atoms with E-state index in [2.05, 4.69) is 76.2 Å². The van der Waals surface area contributed by atoms with Crippen LogP contribution in [-0.2, 0) is 9.47 Å². The lowest BCUT2D eigenvalue weighted by atomic mass is 9.87. The second-order valence-electron chi connectivity index (χ2n) is 5.84. The molecule has 0 spiro atoms. The number of allylic oxidation sites excluding steroid dienone is 3. The molecule has 0 bridgehead atoms. The van der Waals surface area contributed by atoms with Crippen molar-refractivity contribution in [2.75, 3.05) is 6.79 Å². The van der Waals surface area contributed by atoms with E-state index < -0.39 is 0 Å². The molecule has 1 aromatic carbocycles. The summed E-state index contributed by atoms with van der Waals surface area (Å²) in [6, 6.07) is 8.52. The van der Waals surface area contributed by atoms with Gasteiger partial charge in [-0.05, 0) is 34.2 Å². The molecule has 1 saturated heterocycles. The smallest absolute Gasteiger partial charge is 0.189 e. The molecule has 0 N–H and O–H groups in total. The highest BCUT2D eigenvalue weighted by Gasteiger charge is 2.35. The van der Waals surface area contributed by atoms with Gasteiger partial charge in [0.2, 0.25) is 0 Å². The average Bonchev–Trinajstić information content (AvgIpc) is 2.99. The summed E-state index contributed by atoms with van der Waals surface area (Å²) in [7, 11) is 0. The summed E-state index contributed by atoms with van der Waals surface area (Å²) in [4.78, 5) is 2.34. The van der Waals surface area contributed by atoms with Crippen molar-refractivity contribution in [3.05, 3.63) is 69.5 Å². The Bertz CT molecular complexity index is 881. The van der Waals surface area contributed by atoms with Crippen LogP contribution in [0.3, 0.4) is 0 Å². The van der Waals surface area contributed by atoms with Gasteiger partial charge in [-0.25, -0.2) is 0 Å². The largest absolute Gasteiger partial charge is 0.469 e. The number of hydrogen-bond donors (Lipinski definition) is 0. The minimum absolute atomic E-state index is 0.102. The Labute approximate surface area is 142 Å². The molecule has 0 amide bonds. The monoisotopic (exact) mass is 403 g/mol. The van der Waals surface area contributed by atoms with Crippen molar-refractivity contribution in [2.45, 2.75) is 16.6 Å². The molecular formula is C18H14INO2. The molecule has 3 heterocycles. The van der Waals surface area contributed by atoms with Gasteiger partial charge in [-0.1, -0.05) is 46.9 Å². The molecule has 0 radical (unpaired) electrons. The third-order valence-electron chi connectivity index (χ3n) is 4.57. The summed E-state index contributed by atoms with van der Waals surface area (Å²) in [5.41, 5.74) is 3.90. The molecule has 22 heavy (non-hydrogen) atoms. The first-order valence-electron chi connectivity index (χ1n) is 7.42. The summed E-state index contributed by atoms with van der Waals surface area (Å²) >= 11 is 2.49. The number of fused-ring (bicyclic) bond motifs is 4. The summed E-state index contributed by atoms with van der Waals surface area (Å²) in [5, 5.41) is 2.54. The van der Waals surface area contributed by atoms with Gasteiger partial charge in [0.1, 0.15) is 15.9 Å². The quantitative estimate of drug-likeness (QED) is 0.377. The fraction of sp³-hybridized carbons (Fsp3) is 0.222. The Balaban J connectivity index is 1.77. The Morgan fingerprint density at radius 1 is 1.14 bits per heavy atom. The summed E-state index contributed by atoms with van der Waals surface area (Å²) in [5.74, 6) is 0.971. The summed E-state index contributed by atoms with van der Waals surface area (Å²) < 4.78 is 11.6. The van der Waals surface area contributed by atoms with E-state index in [0.29, 0.717) is 10.8 Å². The Hall–Kier alpha value is -1.53. The number of hydrogen-bond acceptors (Lipinski definition) is 3. The van der Waals surface area contributed by atoms with Gasteiger partial charge >= 0.3 is 0 Å². The standard InChI is InChI=1S/C18H14INO2/c19-18-7-13-6-16-17(22-10-21-16)8-14(13)15-5-11-3-1-2-4-12(11)9-20(15)18/h1-5,7-9,16,18H,6,10H2. The highest BCUT2D eigenvalue weighted by molar-refractivity contribution is 14.1. The van der Waals surface area contributed by atoms with Crippen LogP contribution in [0.5, 0.6) is 0 Å². The van der Waals surface area contributed by atoms with Crippen molar-refractivity contribution in [2.24, 2.45) is 0 Å². The molecule has 1 aliphatic carbocycles. The molecule has 2 unspecified atom stereocenters. The number of rotatable bonds is 0. The highest BCUT2D eigenvalue weighted by atomic mass is 127. The van der Waals surface area contributed by atoms with Gasteiger partial charge in [-0.15, -0.1) is 0 Å². The van der Waals surface area contributed by atoms with Gasteiger partial charge in [0.15, 0.2) is 6.79 Å². The van der Waals surface area contributed by atoms with Gasteiger partial charge in [0, 0.05) is 18.2 Å². The molecule has 1 aromatic rings. The third-order valence-corrected chi connectivity index (χ3v) is 5.53. The molecule has 1 fully saturated rings. The minimum Gasteiger partial charge on any atom is -0.469 e. The second kappa shape index (κ2) is 4.73. The lowest BCUT2D eigenvalue weighted by molar-refractivity contribution is 0.0503. The topological polar surface area (TPSA) is 21.7 Å². The molecule has 0 saturated carbocycles. The first kappa shape index (κ1) is 13.0. The van der Waals surface area contributed by atoms with Crippen molar-refractivity contribution in [1.82, 2.24) is 4.90 Å². The number of halogens is 1. The van der Waals surface area contributed by atoms with Crippen LogP contribution >= 0.6 is 22.6 Å². The lowest BCUT2D eigenvalue weighted by Gasteiger charge is -2.36. The van der Waals surface area contributed by atoms with Crippen LogP contribution < -0.4 is 10.4 Å². The van der Waals surface area contributed by atoms with E-state index in [-0.39, 0.29) is 6.10 Å². The van der Waals surface area contributed by atoms with Gasteiger partial charge in [-0.2, -0.15) is 0 Å². The fourth-order valence-electron chi connectivity index (χ4n) is 3.46. The average molecular weight is 403 g/mol. The molecule has 110 valence electrons. The zero-order chi connectivity index (χ0) is 14.7. The molecule has 3 nitrogen and oxygen atoms in total. The van der Waals surface area contributed by atoms with Crippen molar-refractivity contribution in [3.63, 3.8) is 0 Å². The van der Waals surface area contributed by atoms with E-state index in [0.717, 1.165) is 12.2 Å². The first-order valence-corrected chi connectivity index (χ1v) is 8.66. The Morgan fingerprint density at radius 2 is 2.00 bits per heavy atom. The summed E-state index contributed by atoms with van der Waals surface area (Å²) in [6.07, 6.45) is 10.1. The molecule has 5 rings (SSSR count). The van der Waals surface area contributed by atoms with Gasteiger partial charge < -0.3 is 14.4 Å². The van der Waals surface area contributed by atoms with E-state index >= 15 is 0 Å². The number of alkyl halides is 1. The van der Waals surface area contributed by atoms with Crippen LogP contribution in [0.1, 0.15) is 6.42 Å². The van der Waals surface area contributed by atoms with E-state index in [1.807, 2.05) is 0 Å². The van der Waals surface area contributed by atoms with Crippen molar-refractivity contribution < 1.29 is 9.47 Å². The van der Waals surface area contributed by atoms with E-state index in [4.69, 9.17) is 9.47 Å². The predicted octanol–water partition coefficient (Wildman–Crippen LogP) is 2.14. The van der Waals surface area contributed by atoms with Gasteiger partial charge in [0.25, 0.3) is 0 Å². The maximum Gasteiger partial charge on any atom is 0.189 e. The minimum atomic E-state index is 0.102. The lowest BCUT2D eigenvalue weighted by Crippen LogP contribution is -2.39. The van der Waals surface area contributed by atoms with Crippen LogP contribution in [0.25, 0.3) is 12.3 Å². The zero-order valence-corrected chi connectivity index (χ0v) is 14.0. The maximum absolute atomic E-state index is 5.65. The third kappa shape index (κ3) is 1.83. The predicted molar refractivity (Wildman–Crippen MR) is 92.9 cm³/mol. The van der Waals surface area contributed by atoms with Crippen LogP contribution in [0.15, 0.2) is 59.0 Å². The first-order chi connectivity index (χ1) is 10.8. The molecule has 3 aliphatic heterocycles. The van der Waals surface area contributed by atoms with Gasteiger partial charge in [0.05, 0.1) is 5.70 Å². The van der Waals surface area contributed by atoms with Crippen molar-refractivity contribution >= 4 is 34.9 Å². The zero-order valence-electron chi connectivity index (χ0n) is 11.8. The van der Waals surface area contributed by atoms with E-state index in [1.54, 1.807) is 0 Å². The molecule has 4 aliphatic rings.